The first-order valence-corrected chi connectivity index (χ1v) is 10.7. The van der Waals surface area contributed by atoms with Crippen LogP contribution >= 0.6 is 22.7 Å². The molecule has 0 fully saturated rings. The van der Waals surface area contributed by atoms with Crippen LogP contribution in [0.2, 0.25) is 0 Å². The first kappa shape index (κ1) is 22.1. The van der Waals surface area contributed by atoms with Crippen LogP contribution in [0.3, 0.4) is 0 Å². The normalized spacial score (nSPS) is 19.3. The molecule has 4 rings (SSSR count). The predicted octanol–water partition coefficient (Wildman–Crippen LogP) is 8.37. The van der Waals surface area contributed by atoms with Crippen molar-refractivity contribution in [2.75, 3.05) is 0 Å². The second-order valence-corrected chi connectivity index (χ2v) is 10.1. The van der Waals surface area contributed by atoms with Crippen molar-refractivity contribution in [1.82, 2.24) is 0 Å². The Morgan fingerprint density at radius 3 is 1.65 bits per heavy atom. The van der Waals surface area contributed by atoms with Gasteiger partial charge in [0.25, 0.3) is 0 Å². The summed E-state index contributed by atoms with van der Waals surface area (Å²) in [5, 5.41) is 0. The maximum absolute atomic E-state index is 15.0. The van der Waals surface area contributed by atoms with Gasteiger partial charge in [0.2, 0.25) is 0 Å². The summed E-state index contributed by atoms with van der Waals surface area (Å²) in [6.45, 7) is 4.44. The van der Waals surface area contributed by atoms with E-state index >= 15 is 0 Å². The number of alkyl halides is 6. The van der Waals surface area contributed by atoms with Gasteiger partial charge in [0.05, 0.1) is 0 Å². The molecule has 0 nitrogen and oxygen atoms in total. The summed E-state index contributed by atoms with van der Waals surface area (Å²) in [7, 11) is 0. The van der Waals surface area contributed by atoms with Gasteiger partial charge in [0.1, 0.15) is 5.82 Å². The minimum Gasteiger partial charge on any atom is -0.207 e. The van der Waals surface area contributed by atoms with Crippen molar-refractivity contribution >= 4 is 33.8 Å². The fraction of sp³-hybridized carbons (Fsp3) is 0.273. The zero-order chi connectivity index (χ0) is 22.9. The van der Waals surface area contributed by atoms with Gasteiger partial charge in [0.15, 0.2) is 0 Å². The Morgan fingerprint density at radius 2 is 1.16 bits per heavy atom. The quantitative estimate of drug-likeness (QED) is 0.333. The van der Waals surface area contributed by atoms with Crippen molar-refractivity contribution in [1.29, 1.82) is 0 Å². The van der Waals surface area contributed by atoms with Gasteiger partial charge in [-0.1, -0.05) is 12.1 Å². The number of hydrogen-bond acceptors (Lipinski definition) is 2. The van der Waals surface area contributed by atoms with Crippen LogP contribution in [-0.2, 0) is 0 Å². The minimum atomic E-state index is -5.59. The van der Waals surface area contributed by atoms with E-state index in [0.29, 0.717) is 15.3 Å². The molecule has 0 atom stereocenters. The Kier molecular flexibility index (Phi) is 4.94. The highest BCUT2D eigenvalue weighted by atomic mass is 32.1. The van der Waals surface area contributed by atoms with Gasteiger partial charge < -0.3 is 0 Å². The van der Waals surface area contributed by atoms with Crippen LogP contribution in [0.15, 0.2) is 36.4 Å². The second-order valence-electron chi connectivity index (χ2n) is 7.39. The monoisotopic (exact) mass is 476 g/mol. The van der Waals surface area contributed by atoms with Crippen LogP contribution in [0.25, 0.3) is 21.6 Å². The molecule has 0 saturated carbocycles. The lowest BCUT2D eigenvalue weighted by Gasteiger charge is -2.25. The number of aryl methyl sites for hydroxylation is 3. The number of benzene rings is 1. The molecule has 1 aromatic carbocycles. The van der Waals surface area contributed by atoms with Crippen LogP contribution in [0.1, 0.15) is 25.8 Å². The van der Waals surface area contributed by atoms with Gasteiger partial charge in [-0.25, -0.2) is 4.39 Å². The Morgan fingerprint density at radius 1 is 0.677 bits per heavy atom. The minimum absolute atomic E-state index is 0.185. The lowest BCUT2D eigenvalue weighted by atomic mass is 9.95. The summed E-state index contributed by atoms with van der Waals surface area (Å²) < 4.78 is 102. The van der Waals surface area contributed by atoms with Gasteiger partial charge in [0, 0.05) is 30.7 Å². The molecular weight excluding hydrogens is 461 g/mol. The molecule has 2 heterocycles. The summed E-state index contributed by atoms with van der Waals surface area (Å²) in [4.78, 5) is 1.36. The molecule has 164 valence electrons. The Bertz CT molecular complexity index is 1200. The molecule has 3 aromatic rings. The molecule has 1 aliphatic carbocycles. The lowest BCUT2D eigenvalue weighted by molar-refractivity contribution is -0.254. The number of rotatable bonds is 3. The van der Waals surface area contributed by atoms with E-state index in [4.69, 9.17) is 0 Å². The number of hydrogen-bond donors (Lipinski definition) is 0. The molecule has 0 radical (unpaired) electrons. The average Bonchev–Trinajstić information content (AvgIpc) is 3.23. The summed E-state index contributed by atoms with van der Waals surface area (Å²) in [6, 6.07) is 7.58. The van der Waals surface area contributed by atoms with E-state index < -0.39 is 34.7 Å². The molecule has 0 aliphatic heterocycles. The van der Waals surface area contributed by atoms with Gasteiger partial charge in [-0.15, -0.1) is 22.7 Å². The molecule has 0 spiro atoms. The largest absolute Gasteiger partial charge is 0.380 e. The van der Waals surface area contributed by atoms with Crippen molar-refractivity contribution < 1.29 is 30.7 Å². The van der Waals surface area contributed by atoms with Crippen LogP contribution in [0.5, 0.6) is 0 Å². The van der Waals surface area contributed by atoms with E-state index in [1.165, 1.54) is 50.2 Å². The maximum atomic E-state index is 15.0. The Hall–Kier alpha value is -2.13. The molecule has 0 unspecified atom stereocenters. The zero-order valence-corrected chi connectivity index (χ0v) is 18.1. The lowest BCUT2D eigenvalue weighted by Crippen LogP contribution is -2.48. The summed E-state index contributed by atoms with van der Waals surface area (Å²) in [6.07, 6.45) is 0. The average molecular weight is 476 g/mol. The third-order valence-electron chi connectivity index (χ3n) is 5.29. The number of allylic oxidation sites excluding steroid dienone is 2. The first-order valence-electron chi connectivity index (χ1n) is 9.12. The summed E-state index contributed by atoms with van der Waals surface area (Å²) in [5.41, 5.74) is -2.88. The highest BCUT2D eigenvalue weighted by molar-refractivity contribution is 7.15. The van der Waals surface area contributed by atoms with Crippen molar-refractivity contribution in [2.24, 2.45) is 0 Å². The Balaban J connectivity index is 2.02. The molecule has 0 bridgehead atoms. The molecular formula is C22H15F7S2. The maximum Gasteiger partial charge on any atom is 0.380 e. The SMILES string of the molecule is Cc1cc(C2=C(c3cc(-c4ccc(F)cc4)sc3C)C(F)(F)C(F)(F)C2(F)F)c(C)s1. The first-order chi connectivity index (χ1) is 14.3. The van der Waals surface area contributed by atoms with Crippen LogP contribution in [0.4, 0.5) is 30.7 Å². The van der Waals surface area contributed by atoms with E-state index in [-0.39, 0.29) is 20.9 Å². The highest BCUT2D eigenvalue weighted by Crippen LogP contribution is 2.65. The van der Waals surface area contributed by atoms with Gasteiger partial charge in [-0.3, -0.25) is 0 Å². The van der Waals surface area contributed by atoms with Crippen molar-refractivity contribution in [3.63, 3.8) is 0 Å². The second kappa shape index (κ2) is 6.93. The van der Waals surface area contributed by atoms with E-state index in [2.05, 4.69) is 0 Å². The molecule has 31 heavy (non-hydrogen) atoms. The van der Waals surface area contributed by atoms with E-state index in [0.717, 1.165) is 22.7 Å². The zero-order valence-electron chi connectivity index (χ0n) is 16.4. The fourth-order valence-corrected chi connectivity index (χ4v) is 5.76. The molecule has 0 amide bonds. The van der Waals surface area contributed by atoms with Crippen molar-refractivity contribution in [3.05, 3.63) is 68.0 Å². The molecule has 1 aliphatic rings. The van der Waals surface area contributed by atoms with E-state index in [9.17, 15) is 30.7 Å². The fourth-order valence-electron chi connectivity index (χ4n) is 3.80. The molecule has 0 N–H and O–H groups in total. The molecule has 2 aromatic heterocycles. The summed E-state index contributed by atoms with van der Waals surface area (Å²) in [5.74, 6) is -16.2. The van der Waals surface area contributed by atoms with Gasteiger partial charge in [-0.05, 0) is 61.7 Å². The Labute approximate surface area is 181 Å². The highest BCUT2D eigenvalue weighted by Gasteiger charge is 2.80. The van der Waals surface area contributed by atoms with E-state index in [1.54, 1.807) is 6.92 Å². The summed E-state index contributed by atoms with van der Waals surface area (Å²) >= 11 is 2.06. The smallest absolute Gasteiger partial charge is 0.207 e. The van der Waals surface area contributed by atoms with Gasteiger partial charge in [-0.2, -0.15) is 26.3 Å². The topological polar surface area (TPSA) is 0 Å². The van der Waals surface area contributed by atoms with Crippen LogP contribution in [-0.4, -0.2) is 17.8 Å². The van der Waals surface area contributed by atoms with Crippen molar-refractivity contribution in [3.8, 4) is 10.4 Å². The molecule has 0 saturated heterocycles. The number of halogens is 7. The van der Waals surface area contributed by atoms with Crippen molar-refractivity contribution in [2.45, 2.75) is 38.5 Å². The number of thiophene rings is 2. The predicted molar refractivity (Wildman–Crippen MR) is 110 cm³/mol. The van der Waals surface area contributed by atoms with E-state index in [1.807, 2.05) is 0 Å². The standard InChI is InChI=1S/C22H15F7S2/c1-10-8-15(11(2)30-10)18-19(21(26,27)22(28,29)20(18,24)25)16-9-17(31-12(16)3)13-4-6-14(23)7-5-13/h4-9H,1-3H3. The third kappa shape index (κ3) is 3.08. The molecule has 9 heteroatoms. The van der Waals surface area contributed by atoms with Crippen LogP contribution in [0, 0.1) is 26.6 Å². The third-order valence-corrected chi connectivity index (χ3v) is 7.36. The van der Waals surface area contributed by atoms with Crippen LogP contribution < -0.4 is 0 Å². The van der Waals surface area contributed by atoms with Gasteiger partial charge >= 0.3 is 17.8 Å².